The summed E-state index contributed by atoms with van der Waals surface area (Å²) in [7, 11) is 0. The van der Waals surface area contributed by atoms with E-state index in [-0.39, 0.29) is 0 Å². The Kier molecular flexibility index (Phi) is 2.84. The maximum atomic E-state index is 10.2. The number of hydrogen-bond donors (Lipinski definition) is 0. The lowest BCUT2D eigenvalue weighted by atomic mass is 9.97. The third kappa shape index (κ3) is 1.75. The Hall–Kier alpha value is -1.92. The Morgan fingerprint density at radius 3 is 2.69 bits per heavy atom. The summed E-state index contributed by atoms with van der Waals surface area (Å²) in [4.78, 5) is 13.9. The van der Waals surface area contributed by atoms with Gasteiger partial charge < -0.3 is 0 Å². The number of rotatable bonds is 2. The van der Waals surface area contributed by atoms with Crippen LogP contribution in [0.3, 0.4) is 0 Å². The summed E-state index contributed by atoms with van der Waals surface area (Å²) in [5.41, 5.74) is 3.27. The zero-order valence-corrected chi connectivity index (χ0v) is 9.45. The molecule has 80 valence electrons. The summed E-state index contributed by atoms with van der Waals surface area (Å²) in [6.45, 7) is 4.24. The molecule has 2 heteroatoms. The monoisotopic (exact) mass is 211 g/mol. The van der Waals surface area contributed by atoms with Gasteiger partial charge in [0.1, 0.15) is 0 Å². The van der Waals surface area contributed by atoms with E-state index < -0.39 is 0 Å². The molecule has 0 fully saturated rings. The molecule has 2 aromatic rings. The predicted octanol–water partition coefficient (Wildman–Crippen LogP) is 3.68. The minimum Gasteiger partial charge on any atom is -0.211 e. The van der Waals surface area contributed by atoms with Crippen LogP contribution in [0.15, 0.2) is 35.3 Å². The van der Waals surface area contributed by atoms with E-state index in [0.29, 0.717) is 5.69 Å². The van der Waals surface area contributed by atoms with Crippen molar-refractivity contribution in [2.24, 2.45) is 4.99 Å². The van der Waals surface area contributed by atoms with Gasteiger partial charge in [0.05, 0.1) is 5.69 Å². The van der Waals surface area contributed by atoms with Crippen LogP contribution in [-0.2, 0) is 11.2 Å². The lowest BCUT2D eigenvalue weighted by Crippen LogP contribution is -1.88. The van der Waals surface area contributed by atoms with Gasteiger partial charge in [-0.1, -0.05) is 25.1 Å². The Balaban J connectivity index is 2.77. The zero-order chi connectivity index (χ0) is 11.5. The predicted molar refractivity (Wildman–Crippen MR) is 65.8 cm³/mol. The summed E-state index contributed by atoms with van der Waals surface area (Å²) in [5, 5.41) is 2.37. The number of fused-ring (bicyclic) bond motifs is 1. The smallest absolute Gasteiger partial charge is 0.211 e. The fraction of sp³-hybridized carbons (Fsp3) is 0.214. The van der Waals surface area contributed by atoms with Crippen molar-refractivity contribution >= 4 is 22.5 Å². The molecule has 2 rings (SSSR count). The van der Waals surface area contributed by atoms with E-state index in [2.05, 4.69) is 31.0 Å². The number of benzene rings is 2. The van der Waals surface area contributed by atoms with Crippen molar-refractivity contribution in [2.45, 2.75) is 20.3 Å². The van der Waals surface area contributed by atoms with E-state index in [1.165, 1.54) is 21.9 Å². The molecule has 2 aromatic carbocycles. The first-order chi connectivity index (χ1) is 7.76. The van der Waals surface area contributed by atoms with E-state index in [1.54, 1.807) is 6.08 Å². The Labute approximate surface area is 94.6 Å². The molecule has 0 bridgehead atoms. The van der Waals surface area contributed by atoms with E-state index >= 15 is 0 Å². The normalized spacial score (nSPS) is 10.1. The van der Waals surface area contributed by atoms with E-state index in [0.717, 1.165) is 6.42 Å². The molecule has 0 unspecified atom stereocenters. The highest BCUT2D eigenvalue weighted by molar-refractivity contribution is 5.89. The van der Waals surface area contributed by atoms with Crippen LogP contribution in [0.5, 0.6) is 0 Å². The van der Waals surface area contributed by atoms with Gasteiger partial charge in [-0.2, -0.15) is 4.99 Å². The lowest BCUT2D eigenvalue weighted by molar-refractivity contribution is 0.565. The lowest BCUT2D eigenvalue weighted by Gasteiger charge is -2.08. The maximum absolute atomic E-state index is 10.2. The topological polar surface area (TPSA) is 29.4 Å². The molecular formula is C14H13NO. The summed E-state index contributed by atoms with van der Waals surface area (Å²) in [5.74, 6) is 0. The van der Waals surface area contributed by atoms with Gasteiger partial charge in [-0.25, -0.2) is 4.79 Å². The van der Waals surface area contributed by atoms with Gasteiger partial charge in [-0.15, -0.1) is 0 Å². The standard InChI is InChI=1S/C14H13NO/c1-3-13-10(2)4-5-11-6-7-12(15-9-16)8-14(11)13/h4-8H,3H2,1-2H3. The molecule has 0 aliphatic heterocycles. The van der Waals surface area contributed by atoms with E-state index in [9.17, 15) is 4.79 Å². The average Bonchev–Trinajstić information content (AvgIpc) is 2.29. The summed E-state index contributed by atoms with van der Waals surface area (Å²) in [6.07, 6.45) is 2.56. The van der Waals surface area contributed by atoms with E-state index in [4.69, 9.17) is 0 Å². The number of isocyanates is 1. The van der Waals surface area contributed by atoms with Crippen LogP contribution in [0.2, 0.25) is 0 Å². The Morgan fingerprint density at radius 2 is 2.00 bits per heavy atom. The minimum atomic E-state index is 0.669. The van der Waals surface area contributed by atoms with Crippen LogP contribution in [0, 0.1) is 6.92 Å². The van der Waals surface area contributed by atoms with Crippen LogP contribution in [0.25, 0.3) is 10.8 Å². The highest BCUT2D eigenvalue weighted by atomic mass is 16.1. The Morgan fingerprint density at radius 1 is 1.25 bits per heavy atom. The van der Waals surface area contributed by atoms with Gasteiger partial charge in [-0.3, -0.25) is 0 Å². The van der Waals surface area contributed by atoms with Crippen molar-refractivity contribution in [3.05, 3.63) is 41.5 Å². The number of aryl methyl sites for hydroxylation is 2. The molecule has 0 radical (unpaired) electrons. The molecule has 0 spiro atoms. The third-order valence-corrected chi connectivity index (χ3v) is 2.88. The van der Waals surface area contributed by atoms with Crippen molar-refractivity contribution in [3.8, 4) is 0 Å². The minimum absolute atomic E-state index is 0.669. The highest BCUT2D eigenvalue weighted by Gasteiger charge is 2.03. The van der Waals surface area contributed by atoms with Crippen molar-refractivity contribution in [1.29, 1.82) is 0 Å². The van der Waals surface area contributed by atoms with Crippen LogP contribution in [0.4, 0.5) is 5.69 Å². The third-order valence-electron chi connectivity index (χ3n) is 2.88. The fourth-order valence-electron chi connectivity index (χ4n) is 2.07. The molecule has 0 saturated heterocycles. The second-order valence-corrected chi connectivity index (χ2v) is 3.82. The van der Waals surface area contributed by atoms with Crippen LogP contribution < -0.4 is 0 Å². The first-order valence-electron chi connectivity index (χ1n) is 5.36. The van der Waals surface area contributed by atoms with E-state index in [1.807, 2.05) is 18.2 Å². The van der Waals surface area contributed by atoms with Crippen LogP contribution in [-0.4, -0.2) is 6.08 Å². The van der Waals surface area contributed by atoms with Crippen molar-refractivity contribution in [3.63, 3.8) is 0 Å². The van der Waals surface area contributed by atoms with Gasteiger partial charge in [0.25, 0.3) is 0 Å². The van der Waals surface area contributed by atoms with Crippen LogP contribution >= 0.6 is 0 Å². The molecule has 0 heterocycles. The molecular weight excluding hydrogens is 198 g/mol. The maximum Gasteiger partial charge on any atom is 0.240 e. The largest absolute Gasteiger partial charge is 0.240 e. The molecule has 16 heavy (non-hydrogen) atoms. The molecule has 0 saturated carbocycles. The molecule has 0 aliphatic carbocycles. The quantitative estimate of drug-likeness (QED) is 0.550. The van der Waals surface area contributed by atoms with Gasteiger partial charge in [0.15, 0.2) is 0 Å². The first kappa shape index (κ1) is 10.6. The molecule has 0 aromatic heterocycles. The summed E-state index contributed by atoms with van der Waals surface area (Å²) >= 11 is 0. The number of aliphatic imine (C=N–C) groups is 1. The van der Waals surface area contributed by atoms with Crippen molar-refractivity contribution in [1.82, 2.24) is 0 Å². The average molecular weight is 211 g/mol. The van der Waals surface area contributed by atoms with Gasteiger partial charge in [0.2, 0.25) is 6.08 Å². The molecule has 0 atom stereocenters. The Bertz CT molecular complexity index is 581. The molecule has 0 amide bonds. The SMILES string of the molecule is CCc1c(C)ccc2ccc(N=C=O)cc12. The zero-order valence-electron chi connectivity index (χ0n) is 9.45. The van der Waals surface area contributed by atoms with Gasteiger partial charge in [0, 0.05) is 0 Å². The molecule has 2 nitrogen and oxygen atoms in total. The van der Waals surface area contributed by atoms with Gasteiger partial charge >= 0.3 is 0 Å². The second kappa shape index (κ2) is 4.30. The first-order valence-corrected chi connectivity index (χ1v) is 5.36. The van der Waals surface area contributed by atoms with Crippen molar-refractivity contribution in [2.75, 3.05) is 0 Å². The van der Waals surface area contributed by atoms with Crippen LogP contribution in [0.1, 0.15) is 18.1 Å². The molecule has 0 aliphatic rings. The van der Waals surface area contributed by atoms with Crippen molar-refractivity contribution < 1.29 is 4.79 Å². The van der Waals surface area contributed by atoms with Gasteiger partial charge in [-0.05, 0) is 47.4 Å². The highest BCUT2D eigenvalue weighted by Crippen LogP contribution is 2.26. The number of hydrogen-bond acceptors (Lipinski definition) is 2. The number of carbonyl (C=O) groups excluding carboxylic acids is 1. The summed E-state index contributed by atoms with van der Waals surface area (Å²) < 4.78 is 0. The molecule has 0 N–H and O–H groups in total. The number of nitrogens with zero attached hydrogens (tertiary/aromatic N) is 1. The summed E-state index contributed by atoms with van der Waals surface area (Å²) in [6, 6.07) is 10.0. The fourth-order valence-corrected chi connectivity index (χ4v) is 2.07. The second-order valence-electron chi connectivity index (χ2n) is 3.82.